The van der Waals surface area contributed by atoms with Crippen LogP contribution in [0.25, 0.3) is 6.08 Å². The van der Waals surface area contributed by atoms with Crippen LogP contribution in [0, 0.1) is 11.3 Å². The average Bonchev–Trinajstić information content (AvgIpc) is 2.78. The lowest BCUT2D eigenvalue weighted by Crippen LogP contribution is -2.14. The van der Waals surface area contributed by atoms with E-state index >= 15 is 0 Å². The molecule has 0 heterocycles. The van der Waals surface area contributed by atoms with Gasteiger partial charge in [-0.25, -0.2) is 0 Å². The minimum absolute atomic E-state index is 0.0166. The zero-order valence-electron chi connectivity index (χ0n) is 16.7. The first-order valence-corrected chi connectivity index (χ1v) is 10.7. The number of hydrogen-bond acceptors (Lipinski definition) is 5. The summed E-state index contributed by atoms with van der Waals surface area (Å²) in [5, 5.41) is 11.5. The fraction of sp³-hybridized carbons (Fsp3) is 0.0435. The lowest BCUT2D eigenvalue weighted by molar-refractivity contribution is -0.137. The van der Waals surface area contributed by atoms with E-state index in [1.165, 1.54) is 48.5 Å². The molecule has 0 spiro atoms. The molecule has 3 aromatic carbocycles. The van der Waals surface area contributed by atoms with Gasteiger partial charge in [0.2, 0.25) is 0 Å². The molecule has 3 aromatic rings. The summed E-state index contributed by atoms with van der Waals surface area (Å²) in [6.07, 6.45) is -3.37. The van der Waals surface area contributed by atoms with Crippen molar-refractivity contribution in [2.75, 3.05) is 5.32 Å². The zero-order chi connectivity index (χ0) is 24.1. The number of nitrogens with one attached hydrogen (secondary N) is 1. The van der Waals surface area contributed by atoms with E-state index in [0.29, 0.717) is 5.56 Å². The van der Waals surface area contributed by atoms with Gasteiger partial charge in [0.15, 0.2) is 0 Å². The van der Waals surface area contributed by atoms with Crippen LogP contribution in [0.15, 0.2) is 89.3 Å². The van der Waals surface area contributed by atoms with Gasteiger partial charge in [0, 0.05) is 5.69 Å². The van der Waals surface area contributed by atoms with Gasteiger partial charge in [0.05, 0.1) is 5.56 Å². The maximum Gasteiger partial charge on any atom is 0.416 e. The summed E-state index contributed by atoms with van der Waals surface area (Å²) < 4.78 is 68.0. The number of benzene rings is 3. The van der Waals surface area contributed by atoms with Crippen molar-refractivity contribution in [1.29, 1.82) is 5.26 Å². The number of nitrogens with zero attached hydrogens (tertiary/aromatic N) is 1. The molecule has 168 valence electrons. The Bertz CT molecular complexity index is 1330. The molecular weight excluding hydrogens is 457 g/mol. The maximum absolute atomic E-state index is 12.8. The summed E-state index contributed by atoms with van der Waals surface area (Å²) in [4.78, 5) is 12.3. The molecule has 0 saturated carbocycles. The highest BCUT2D eigenvalue weighted by atomic mass is 32.2. The van der Waals surface area contributed by atoms with Crippen LogP contribution in [0.1, 0.15) is 11.1 Å². The van der Waals surface area contributed by atoms with Crippen molar-refractivity contribution < 1.29 is 30.6 Å². The molecule has 0 unspecified atom stereocenters. The normalized spacial score (nSPS) is 12.0. The Kier molecular flexibility index (Phi) is 6.84. The highest BCUT2D eigenvalue weighted by Gasteiger charge is 2.30. The summed E-state index contributed by atoms with van der Waals surface area (Å²) in [7, 11) is -4.03. The van der Waals surface area contributed by atoms with Crippen molar-refractivity contribution in [1.82, 2.24) is 0 Å². The minimum Gasteiger partial charge on any atom is -0.379 e. The van der Waals surface area contributed by atoms with Gasteiger partial charge in [-0.05, 0) is 54.1 Å². The number of anilines is 1. The Labute approximate surface area is 187 Å². The first-order chi connectivity index (χ1) is 15.6. The lowest BCUT2D eigenvalue weighted by Gasteiger charge is -2.09. The molecule has 6 nitrogen and oxygen atoms in total. The summed E-state index contributed by atoms with van der Waals surface area (Å²) in [5.74, 6) is -0.883. The van der Waals surface area contributed by atoms with Gasteiger partial charge in [0.25, 0.3) is 5.91 Å². The molecule has 1 amide bonds. The van der Waals surface area contributed by atoms with Gasteiger partial charge in [-0.2, -0.15) is 26.9 Å². The van der Waals surface area contributed by atoms with Crippen LogP contribution < -0.4 is 9.50 Å². The van der Waals surface area contributed by atoms with E-state index in [-0.39, 0.29) is 21.9 Å². The van der Waals surface area contributed by atoms with Crippen molar-refractivity contribution in [3.8, 4) is 11.8 Å². The standard InChI is InChI=1S/C23H15F3N2O4S/c24-23(25,26)18-5-4-6-19(14-18)28-22(29)17(15-27)13-16-9-11-20(12-10-16)32-33(30,31)21-7-2-1-3-8-21/h1-14H,(H,28,29)/b17-13+. The van der Waals surface area contributed by atoms with Gasteiger partial charge in [-0.1, -0.05) is 36.4 Å². The van der Waals surface area contributed by atoms with Gasteiger partial charge in [0.1, 0.15) is 22.3 Å². The Morgan fingerprint density at radius 3 is 2.24 bits per heavy atom. The monoisotopic (exact) mass is 472 g/mol. The first kappa shape index (κ1) is 23.6. The van der Waals surface area contributed by atoms with Gasteiger partial charge < -0.3 is 9.50 Å². The fourth-order valence-corrected chi connectivity index (χ4v) is 3.62. The van der Waals surface area contributed by atoms with Crippen LogP contribution in [0.5, 0.6) is 5.75 Å². The van der Waals surface area contributed by atoms with E-state index in [0.717, 1.165) is 18.2 Å². The molecule has 3 rings (SSSR count). The molecule has 0 bridgehead atoms. The van der Waals surface area contributed by atoms with E-state index in [9.17, 15) is 31.6 Å². The van der Waals surface area contributed by atoms with Crippen molar-refractivity contribution in [2.45, 2.75) is 11.1 Å². The van der Waals surface area contributed by atoms with Crippen LogP contribution in [0.2, 0.25) is 0 Å². The summed E-state index contributed by atoms with van der Waals surface area (Å²) >= 11 is 0. The summed E-state index contributed by atoms with van der Waals surface area (Å²) in [6.45, 7) is 0. The van der Waals surface area contributed by atoms with Crippen molar-refractivity contribution >= 4 is 27.8 Å². The number of halogens is 3. The third kappa shape index (κ3) is 6.21. The van der Waals surface area contributed by atoms with Crippen molar-refractivity contribution in [2.24, 2.45) is 0 Å². The number of amides is 1. The molecule has 33 heavy (non-hydrogen) atoms. The van der Waals surface area contributed by atoms with Gasteiger partial charge in [-0.15, -0.1) is 0 Å². The number of nitriles is 1. The van der Waals surface area contributed by atoms with E-state index in [2.05, 4.69) is 5.32 Å². The Hall–Kier alpha value is -4.10. The maximum atomic E-state index is 12.8. The lowest BCUT2D eigenvalue weighted by atomic mass is 10.1. The van der Waals surface area contributed by atoms with E-state index in [4.69, 9.17) is 4.18 Å². The van der Waals surface area contributed by atoms with Crippen LogP contribution in [0.4, 0.5) is 18.9 Å². The van der Waals surface area contributed by atoms with Crippen LogP contribution in [-0.4, -0.2) is 14.3 Å². The second kappa shape index (κ2) is 9.58. The largest absolute Gasteiger partial charge is 0.416 e. The van der Waals surface area contributed by atoms with Gasteiger partial charge >= 0.3 is 16.3 Å². The summed E-state index contributed by atoms with van der Waals surface area (Å²) in [5.41, 5.74) is -1.05. The minimum atomic E-state index is -4.58. The van der Waals surface area contributed by atoms with E-state index < -0.39 is 27.8 Å². The molecule has 0 aliphatic carbocycles. The van der Waals surface area contributed by atoms with Crippen molar-refractivity contribution in [3.63, 3.8) is 0 Å². The quantitative estimate of drug-likeness (QED) is 0.309. The van der Waals surface area contributed by atoms with E-state index in [1.54, 1.807) is 24.3 Å². The topological polar surface area (TPSA) is 96.3 Å². The third-order valence-corrected chi connectivity index (χ3v) is 5.50. The Morgan fingerprint density at radius 2 is 1.64 bits per heavy atom. The second-order valence-electron chi connectivity index (χ2n) is 6.62. The zero-order valence-corrected chi connectivity index (χ0v) is 17.5. The predicted molar refractivity (Wildman–Crippen MR) is 114 cm³/mol. The molecule has 0 aliphatic heterocycles. The molecule has 1 N–H and O–H groups in total. The summed E-state index contributed by atoms with van der Waals surface area (Å²) in [6, 6.07) is 18.8. The SMILES string of the molecule is N#C/C(=C\c1ccc(OS(=O)(=O)c2ccccc2)cc1)C(=O)Nc1cccc(C(F)(F)F)c1. The number of carbonyl (C=O) groups excluding carboxylic acids is 1. The van der Waals surface area contributed by atoms with E-state index in [1.807, 2.05) is 0 Å². The average molecular weight is 472 g/mol. The third-order valence-electron chi connectivity index (χ3n) is 4.24. The molecule has 0 aliphatic rings. The molecular formula is C23H15F3N2O4S. The highest BCUT2D eigenvalue weighted by molar-refractivity contribution is 7.87. The van der Waals surface area contributed by atoms with Gasteiger partial charge in [-0.3, -0.25) is 4.79 Å². The number of rotatable bonds is 6. The second-order valence-corrected chi connectivity index (χ2v) is 8.17. The molecule has 0 radical (unpaired) electrons. The molecule has 0 aromatic heterocycles. The molecule has 0 saturated heterocycles. The Balaban J connectivity index is 1.74. The van der Waals surface area contributed by atoms with Crippen LogP contribution in [0.3, 0.4) is 0 Å². The molecule has 0 atom stereocenters. The van der Waals surface area contributed by atoms with Crippen LogP contribution >= 0.6 is 0 Å². The Morgan fingerprint density at radius 1 is 0.970 bits per heavy atom. The number of alkyl halides is 3. The van der Waals surface area contributed by atoms with Crippen molar-refractivity contribution in [3.05, 3.63) is 95.6 Å². The number of carbonyl (C=O) groups is 1. The first-order valence-electron chi connectivity index (χ1n) is 9.28. The number of hydrogen-bond donors (Lipinski definition) is 1. The smallest absolute Gasteiger partial charge is 0.379 e. The fourth-order valence-electron chi connectivity index (χ4n) is 2.67. The molecule has 10 heteroatoms. The predicted octanol–water partition coefficient (Wildman–Crippen LogP) is 5.02. The van der Waals surface area contributed by atoms with Crippen LogP contribution in [-0.2, 0) is 21.1 Å². The molecule has 0 fully saturated rings. The highest BCUT2D eigenvalue weighted by Crippen LogP contribution is 2.30.